The van der Waals surface area contributed by atoms with E-state index >= 15 is 0 Å². The van der Waals surface area contributed by atoms with Gasteiger partial charge in [0.25, 0.3) is 0 Å². The van der Waals surface area contributed by atoms with Crippen molar-refractivity contribution in [3.05, 3.63) is 23.9 Å². The molecule has 0 spiro atoms. The minimum Gasteiger partial charge on any atom is -0.396 e. The highest BCUT2D eigenvalue weighted by molar-refractivity contribution is 7.99. The van der Waals surface area contributed by atoms with Gasteiger partial charge in [-0.3, -0.25) is 4.68 Å². The van der Waals surface area contributed by atoms with Crippen LogP contribution >= 0.6 is 11.8 Å². The van der Waals surface area contributed by atoms with Gasteiger partial charge < -0.3 is 16.8 Å². The summed E-state index contributed by atoms with van der Waals surface area (Å²) in [6.45, 7) is 4.36. The van der Waals surface area contributed by atoms with Gasteiger partial charge in [-0.25, -0.2) is 0 Å². The summed E-state index contributed by atoms with van der Waals surface area (Å²) in [5.74, 6) is 1.09. The highest BCUT2D eigenvalue weighted by atomic mass is 32.2. The normalized spacial score (nSPS) is 13.9. The highest BCUT2D eigenvalue weighted by Crippen LogP contribution is 2.37. The topological polar surface area (TPSA) is 81.9 Å². The zero-order valence-corrected chi connectivity index (χ0v) is 12.3. The van der Waals surface area contributed by atoms with Crippen LogP contribution in [0.1, 0.15) is 5.56 Å². The third-order valence-corrected chi connectivity index (χ3v) is 4.46. The number of benzene rings is 1. The number of thioether (sulfide) groups is 1. The molecule has 0 unspecified atom stereocenters. The maximum atomic E-state index is 6.10. The van der Waals surface area contributed by atoms with Gasteiger partial charge in [0, 0.05) is 41.2 Å². The van der Waals surface area contributed by atoms with E-state index < -0.39 is 0 Å². The van der Waals surface area contributed by atoms with Crippen LogP contribution in [-0.2, 0) is 6.54 Å². The van der Waals surface area contributed by atoms with Crippen LogP contribution in [0, 0.1) is 6.92 Å². The Morgan fingerprint density at radius 3 is 3.10 bits per heavy atom. The van der Waals surface area contributed by atoms with Gasteiger partial charge in [-0.1, -0.05) is 0 Å². The molecule has 0 saturated heterocycles. The molecule has 1 aliphatic heterocycles. The quantitative estimate of drug-likeness (QED) is 0.804. The molecule has 1 aromatic heterocycles. The molecule has 5 nitrogen and oxygen atoms in total. The Kier molecular flexibility index (Phi) is 3.58. The number of hydrogen-bond donors (Lipinski definition) is 3. The maximum absolute atomic E-state index is 6.10. The number of nitrogen functional groups attached to an aromatic ring is 1. The van der Waals surface area contributed by atoms with Crippen molar-refractivity contribution in [2.45, 2.75) is 18.4 Å². The molecule has 6 heteroatoms. The van der Waals surface area contributed by atoms with Crippen molar-refractivity contribution in [3.8, 4) is 11.3 Å². The van der Waals surface area contributed by atoms with Crippen molar-refractivity contribution in [1.82, 2.24) is 9.78 Å². The molecule has 5 N–H and O–H groups in total. The minimum atomic E-state index is 0.559. The molecule has 0 bridgehead atoms. The van der Waals surface area contributed by atoms with Gasteiger partial charge in [-0.15, -0.1) is 11.8 Å². The van der Waals surface area contributed by atoms with Gasteiger partial charge in [0.1, 0.15) is 5.69 Å². The molecule has 106 valence electrons. The van der Waals surface area contributed by atoms with E-state index in [2.05, 4.69) is 29.5 Å². The minimum absolute atomic E-state index is 0.559. The second-order valence-electron chi connectivity index (χ2n) is 4.92. The lowest BCUT2D eigenvalue weighted by atomic mass is 10.0. The van der Waals surface area contributed by atoms with E-state index in [1.165, 1.54) is 16.1 Å². The van der Waals surface area contributed by atoms with Crippen LogP contribution in [0.15, 0.2) is 23.2 Å². The Hall–Kier alpha value is -1.66. The zero-order chi connectivity index (χ0) is 14.1. The Morgan fingerprint density at radius 1 is 1.45 bits per heavy atom. The number of nitrogens with zero attached hydrogens (tertiary/aromatic N) is 2. The number of aryl methyl sites for hydroxylation is 1. The number of aromatic nitrogens is 2. The van der Waals surface area contributed by atoms with E-state index in [1.807, 2.05) is 22.6 Å². The zero-order valence-electron chi connectivity index (χ0n) is 11.5. The standard InChI is InChI=1S/C14H19N5S/c1-9-6-12-13(20-5-3-17-12)7-10(9)14-11(16)8-19(18-14)4-2-15/h6-8,17H,2-5,15-16H2,1H3. The molecule has 2 heterocycles. The van der Waals surface area contributed by atoms with Crippen LogP contribution in [-0.4, -0.2) is 28.6 Å². The number of nitrogens with one attached hydrogen (secondary N) is 1. The molecule has 2 aromatic rings. The smallest absolute Gasteiger partial charge is 0.116 e. The number of nitrogens with two attached hydrogens (primary N) is 2. The van der Waals surface area contributed by atoms with Gasteiger partial charge in [0.05, 0.1) is 12.2 Å². The van der Waals surface area contributed by atoms with Crippen LogP contribution in [0.3, 0.4) is 0 Å². The lowest BCUT2D eigenvalue weighted by Crippen LogP contribution is -2.11. The molecular weight excluding hydrogens is 270 g/mol. The van der Waals surface area contributed by atoms with Crippen molar-refractivity contribution in [3.63, 3.8) is 0 Å². The Bertz CT molecular complexity index is 635. The van der Waals surface area contributed by atoms with Gasteiger partial charge >= 0.3 is 0 Å². The summed E-state index contributed by atoms with van der Waals surface area (Å²) in [5, 5.41) is 7.99. The molecule has 0 fully saturated rings. The van der Waals surface area contributed by atoms with Crippen LogP contribution in [0.25, 0.3) is 11.3 Å². The summed E-state index contributed by atoms with van der Waals surface area (Å²) in [7, 11) is 0. The summed E-state index contributed by atoms with van der Waals surface area (Å²) in [4.78, 5) is 1.27. The monoisotopic (exact) mass is 289 g/mol. The molecule has 0 aliphatic carbocycles. The Morgan fingerprint density at radius 2 is 2.30 bits per heavy atom. The molecule has 3 rings (SSSR count). The molecule has 0 saturated carbocycles. The van der Waals surface area contributed by atoms with Crippen LogP contribution in [0.5, 0.6) is 0 Å². The molecule has 20 heavy (non-hydrogen) atoms. The number of hydrogen-bond acceptors (Lipinski definition) is 5. The summed E-state index contributed by atoms with van der Waals surface area (Å²) in [6.07, 6.45) is 1.85. The van der Waals surface area contributed by atoms with Crippen molar-refractivity contribution in [1.29, 1.82) is 0 Å². The van der Waals surface area contributed by atoms with Gasteiger partial charge in [0.15, 0.2) is 0 Å². The van der Waals surface area contributed by atoms with E-state index in [4.69, 9.17) is 11.5 Å². The lowest BCUT2D eigenvalue weighted by molar-refractivity contribution is 0.627. The maximum Gasteiger partial charge on any atom is 0.116 e. The van der Waals surface area contributed by atoms with Gasteiger partial charge in [-0.2, -0.15) is 5.10 Å². The van der Waals surface area contributed by atoms with E-state index in [9.17, 15) is 0 Å². The molecule has 1 aromatic carbocycles. The fourth-order valence-electron chi connectivity index (χ4n) is 2.44. The number of rotatable bonds is 3. The fourth-order valence-corrected chi connectivity index (χ4v) is 3.35. The first-order chi connectivity index (χ1) is 9.69. The summed E-state index contributed by atoms with van der Waals surface area (Å²) >= 11 is 1.87. The predicted molar refractivity (Wildman–Crippen MR) is 85.1 cm³/mol. The molecule has 0 atom stereocenters. The third-order valence-electron chi connectivity index (χ3n) is 3.40. The Labute approximate surface area is 122 Å². The summed E-state index contributed by atoms with van der Waals surface area (Å²) in [6, 6.07) is 4.37. The van der Waals surface area contributed by atoms with Crippen molar-refractivity contribution in [2.75, 3.05) is 29.9 Å². The van der Waals surface area contributed by atoms with Crippen LogP contribution in [0.2, 0.25) is 0 Å². The first kappa shape index (κ1) is 13.3. The molecule has 1 aliphatic rings. The third kappa shape index (κ3) is 2.36. The molecule has 0 amide bonds. The second-order valence-corrected chi connectivity index (χ2v) is 6.06. The lowest BCUT2D eigenvalue weighted by Gasteiger charge is -2.19. The van der Waals surface area contributed by atoms with E-state index in [0.717, 1.165) is 23.6 Å². The van der Waals surface area contributed by atoms with Crippen molar-refractivity contribution < 1.29 is 0 Å². The highest BCUT2D eigenvalue weighted by Gasteiger charge is 2.16. The number of fused-ring (bicyclic) bond motifs is 1. The van der Waals surface area contributed by atoms with Crippen LogP contribution in [0.4, 0.5) is 11.4 Å². The first-order valence-electron chi connectivity index (χ1n) is 6.73. The summed E-state index contributed by atoms with van der Waals surface area (Å²) < 4.78 is 1.81. The van der Waals surface area contributed by atoms with Crippen molar-refractivity contribution in [2.24, 2.45) is 5.73 Å². The fraction of sp³-hybridized carbons (Fsp3) is 0.357. The van der Waals surface area contributed by atoms with E-state index in [-0.39, 0.29) is 0 Å². The SMILES string of the molecule is Cc1cc2c(cc1-c1nn(CCN)cc1N)SCCN2. The average molecular weight is 289 g/mol. The van der Waals surface area contributed by atoms with Crippen LogP contribution < -0.4 is 16.8 Å². The number of anilines is 2. The molecule has 0 radical (unpaired) electrons. The largest absolute Gasteiger partial charge is 0.396 e. The van der Waals surface area contributed by atoms with Gasteiger partial charge in [-0.05, 0) is 24.6 Å². The Balaban J connectivity index is 2.05. The predicted octanol–water partition coefficient (Wildman–Crippen LogP) is 1.92. The second kappa shape index (κ2) is 5.38. The van der Waals surface area contributed by atoms with E-state index in [0.29, 0.717) is 18.8 Å². The van der Waals surface area contributed by atoms with Gasteiger partial charge in [0.2, 0.25) is 0 Å². The van der Waals surface area contributed by atoms with Crippen molar-refractivity contribution >= 4 is 23.1 Å². The average Bonchev–Trinajstić information content (AvgIpc) is 2.79. The summed E-state index contributed by atoms with van der Waals surface area (Å²) in [5.41, 5.74) is 16.7. The van der Waals surface area contributed by atoms with E-state index in [1.54, 1.807) is 0 Å². The first-order valence-corrected chi connectivity index (χ1v) is 7.72. The molecular formula is C14H19N5S.